The van der Waals surface area contributed by atoms with E-state index in [0.29, 0.717) is 59.1 Å². The number of carbonyl (C=O) groups excluding carboxylic acids is 3. The Morgan fingerprint density at radius 3 is 2.02 bits per heavy atom. The van der Waals surface area contributed by atoms with Gasteiger partial charge in [0.25, 0.3) is 17.7 Å². The Hall–Kier alpha value is -6.85. The molecule has 1 fully saturated rings. The fourth-order valence-electron chi connectivity index (χ4n) is 8.17. The summed E-state index contributed by atoms with van der Waals surface area (Å²) in [6.07, 6.45) is 8.58. The molecule has 15 nitrogen and oxygen atoms in total. The van der Waals surface area contributed by atoms with Crippen molar-refractivity contribution in [1.82, 2.24) is 19.9 Å². The fraction of sp³-hybridized carbons (Fsp3) is 0.312. The van der Waals surface area contributed by atoms with Crippen molar-refractivity contribution in [2.75, 3.05) is 60.7 Å². The molecule has 3 aromatic carbocycles. The first-order valence-corrected chi connectivity index (χ1v) is 23.7. The van der Waals surface area contributed by atoms with E-state index in [4.69, 9.17) is 9.47 Å². The van der Waals surface area contributed by atoms with E-state index in [2.05, 4.69) is 48.4 Å². The van der Waals surface area contributed by atoms with Gasteiger partial charge in [-0.05, 0) is 117 Å². The number of nitrogens with one attached hydrogen (secondary N) is 4. The number of fused-ring (bicyclic) bond motifs is 12. The average molecular weight is 913 g/mol. The van der Waals surface area contributed by atoms with Crippen LogP contribution in [0.15, 0.2) is 83.7 Å². The first kappa shape index (κ1) is 43.4. The van der Waals surface area contributed by atoms with E-state index in [0.717, 1.165) is 92.7 Å². The Balaban J connectivity index is 0.891. The average Bonchev–Trinajstić information content (AvgIpc) is 4.12. The number of carbonyl (C=O) groups is 4. The van der Waals surface area contributed by atoms with E-state index in [9.17, 15) is 24.3 Å². The Kier molecular flexibility index (Phi) is 13.3. The second-order valence-corrected chi connectivity index (χ2v) is 18.0. The van der Waals surface area contributed by atoms with E-state index >= 15 is 0 Å². The Morgan fingerprint density at radius 1 is 0.708 bits per heavy atom. The minimum Gasteiger partial charge on any atom is -0.491 e. The Labute approximate surface area is 383 Å². The van der Waals surface area contributed by atoms with E-state index < -0.39 is 17.8 Å². The second kappa shape index (κ2) is 19.9. The maximum Gasteiger partial charge on any atom is 0.335 e. The molecule has 1 atom stereocenters. The largest absolute Gasteiger partial charge is 0.491 e. The number of benzene rings is 3. The number of aromatic nitrogens is 3. The third kappa shape index (κ3) is 10.4. The molecule has 3 aliphatic heterocycles. The van der Waals surface area contributed by atoms with E-state index in [1.54, 1.807) is 41.2 Å². The number of carboxylic acid groups (broad SMARTS) is 1. The summed E-state index contributed by atoms with van der Waals surface area (Å²) in [4.78, 5) is 68.4. The summed E-state index contributed by atoms with van der Waals surface area (Å²) >= 11 is 2.73. The number of thiazole rings is 2. The molecule has 5 N–H and O–H groups in total. The number of hydrogen-bond donors (Lipinski definition) is 5. The summed E-state index contributed by atoms with van der Waals surface area (Å²) < 4.78 is 12.2. The van der Waals surface area contributed by atoms with E-state index in [1.807, 2.05) is 23.1 Å². The van der Waals surface area contributed by atoms with Crippen LogP contribution in [0.5, 0.6) is 11.5 Å². The highest BCUT2D eigenvalue weighted by molar-refractivity contribution is 7.13. The lowest BCUT2D eigenvalue weighted by molar-refractivity contribution is 0.0695. The highest BCUT2D eigenvalue weighted by Gasteiger charge is 2.29. The molecule has 0 aliphatic carbocycles. The van der Waals surface area contributed by atoms with Crippen LogP contribution in [0.3, 0.4) is 0 Å². The number of rotatable bonds is 4. The summed E-state index contributed by atoms with van der Waals surface area (Å²) in [5.41, 5.74) is 5.55. The van der Waals surface area contributed by atoms with Crippen LogP contribution in [0, 0.1) is 5.92 Å². The predicted octanol–water partition coefficient (Wildman–Crippen LogP) is 9.19. The molecular formula is C48H48N8O7S2. The summed E-state index contributed by atoms with van der Waals surface area (Å²) in [7, 11) is 0. The monoisotopic (exact) mass is 912 g/mol. The number of ether oxygens (including phenoxy) is 2. The lowest BCUT2D eigenvalue weighted by Crippen LogP contribution is -2.29. The van der Waals surface area contributed by atoms with Gasteiger partial charge in [0.15, 0.2) is 0 Å². The van der Waals surface area contributed by atoms with Crippen molar-refractivity contribution < 1.29 is 33.8 Å². The number of hydrogen-bond acceptors (Lipinski definition) is 13. The molecule has 0 radical (unpaired) electrons. The van der Waals surface area contributed by atoms with Crippen LogP contribution < -0.4 is 30.7 Å². The first-order chi connectivity index (χ1) is 31.7. The zero-order valence-corrected chi connectivity index (χ0v) is 37.2. The zero-order chi connectivity index (χ0) is 44.7. The quantitative estimate of drug-likeness (QED) is 0.113. The Morgan fingerprint density at radius 2 is 1.34 bits per heavy atom. The molecule has 3 aliphatic rings. The molecule has 3 aromatic heterocycles. The van der Waals surface area contributed by atoms with Crippen LogP contribution in [0.25, 0.3) is 21.1 Å². The van der Waals surface area contributed by atoms with Gasteiger partial charge in [-0.2, -0.15) is 0 Å². The van der Waals surface area contributed by atoms with Crippen molar-refractivity contribution in [3.05, 3.63) is 112 Å². The SMILES string of the molecule is O=C(O)c1ccc2c(c1)NC(=O)c1csc(n1)-c1ccc(CC3CCN(C(=O)c4ccc5c(c4)NC(=O)c4csc(n4)-c4ccnc(c4)NCCCCCO5)C3)c(c1)NCCCCCO2. The summed E-state index contributed by atoms with van der Waals surface area (Å²) in [5, 5.41) is 27.2. The third-order valence-electron chi connectivity index (χ3n) is 11.6. The lowest BCUT2D eigenvalue weighted by atomic mass is 9.96. The van der Waals surface area contributed by atoms with E-state index in [-0.39, 0.29) is 34.5 Å². The summed E-state index contributed by atoms with van der Waals surface area (Å²) in [6, 6.07) is 19.7. The van der Waals surface area contributed by atoms with Gasteiger partial charge in [-0.15, -0.1) is 22.7 Å². The van der Waals surface area contributed by atoms with Crippen molar-refractivity contribution in [1.29, 1.82) is 0 Å². The smallest absolute Gasteiger partial charge is 0.335 e. The topological polar surface area (TPSA) is 197 Å². The normalized spacial score (nSPS) is 17.0. The maximum absolute atomic E-state index is 14.1. The van der Waals surface area contributed by atoms with Gasteiger partial charge in [0, 0.05) is 65.5 Å². The number of pyridine rings is 1. The second-order valence-electron chi connectivity index (χ2n) is 16.3. The molecule has 334 valence electrons. The first-order valence-electron chi connectivity index (χ1n) is 21.9. The summed E-state index contributed by atoms with van der Waals surface area (Å²) in [5.74, 6) is -0.193. The highest BCUT2D eigenvalue weighted by Crippen LogP contribution is 2.35. The maximum atomic E-state index is 14.1. The number of amides is 3. The predicted molar refractivity (Wildman–Crippen MR) is 252 cm³/mol. The number of nitrogens with zero attached hydrogens (tertiary/aromatic N) is 4. The van der Waals surface area contributed by atoms with Crippen LogP contribution in [0.4, 0.5) is 22.9 Å². The van der Waals surface area contributed by atoms with Gasteiger partial charge in [-0.25, -0.2) is 19.7 Å². The van der Waals surface area contributed by atoms with Gasteiger partial charge in [0.2, 0.25) is 0 Å². The van der Waals surface area contributed by atoms with Gasteiger partial charge in [-0.3, -0.25) is 14.4 Å². The fourth-order valence-corrected chi connectivity index (χ4v) is 9.76. The highest BCUT2D eigenvalue weighted by atomic mass is 32.1. The van der Waals surface area contributed by atoms with Gasteiger partial charge >= 0.3 is 5.97 Å². The molecule has 17 heteroatoms. The van der Waals surface area contributed by atoms with Gasteiger partial charge < -0.3 is 40.7 Å². The van der Waals surface area contributed by atoms with Crippen LogP contribution in [0.1, 0.15) is 92.2 Å². The van der Waals surface area contributed by atoms with Crippen molar-refractivity contribution in [3.63, 3.8) is 0 Å². The van der Waals surface area contributed by atoms with Crippen molar-refractivity contribution in [2.24, 2.45) is 5.92 Å². The molecule has 65 heavy (non-hydrogen) atoms. The standard InChI is InChI=1S/C48H48N8O7S2/c57-43-39-28-65-46(55-39)32-13-17-51-42(25-32)50-16-4-2-6-20-62-40-11-9-33(23-36(40)52-43)47(59)56-18-14-29(26-56)21-30-7-8-31-22-35(30)49-15-3-1-5-19-63-41-12-10-34(48(60)61)24-37(41)53-44(58)38-27-64-45(31)54-38/h7-13,17,22-25,27-29,49H,1-6,14-16,18-21,26H2,(H,50,51)(H,52,57)(H,53,58)(H,60,61). The molecule has 3 amide bonds. The van der Waals surface area contributed by atoms with Crippen molar-refractivity contribution >= 4 is 69.2 Å². The van der Waals surface area contributed by atoms with Gasteiger partial charge in [-0.1, -0.05) is 12.1 Å². The number of anilines is 4. The van der Waals surface area contributed by atoms with Gasteiger partial charge in [0.05, 0.1) is 30.2 Å². The van der Waals surface area contributed by atoms with Crippen LogP contribution in [-0.2, 0) is 6.42 Å². The van der Waals surface area contributed by atoms with Crippen LogP contribution in [0.2, 0.25) is 0 Å². The molecule has 6 heterocycles. The number of likely N-dealkylation sites (tertiary alicyclic amines) is 1. The molecule has 9 rings (SSSR count). The molecule has 0 saturated carbocycles. The minimum absolute atomic E-state index is 0.0396. The van der Waals surface area contributed by atoms with Crippen LogP contribution in [-0.4, -0.2) is 88.0 Å². The molecule has 1 saturated heterocycles. The molecule has 1 unspecified atom stereocenters. The minimum atomic E-state index is -1.10. The zero-order valence-electron chi connectivity index (χ0n) is 35.6. The van der Waals surface area contributed by atoms with Crippen molar-refractivity contribution in [3.8, 4) is 32.6 Å². The molecule has 6 aromatic rings. The molecule has 8 bridgehead atoms. The molecule has 0 spiro atoms. The summed E-state index contributed by atoms with van der Waals surface area (Å²) in [6.45, 7) is 3.55. The third-order valence-corrected chi connectivity index (χ3v) is 13.4. The van der Waals surface area contributed by atoms with Gasteiger partial charge in [0.1, 0.15) is 38.7 Å². The number of carboxylic acids is 1. The Bertz CT molecular complexity index is 2740. The van der Waals surface area contributed by atoms with Crippen LogP contribution >= 0.6 is 22.7 Å². The lowest BCUT2D eigenvalue weighted by Gasteiger charge is -2.20. The van der Waals surface area contributed by atoms with E-state index in [1.165, 1.54) is 34.8 Å². The van der Waals surface area contributed by atoms with Crippen molar-refractivity contribution in [2.45, 2.75) is 51.4 Å². The molecular weight excluding hydrogens is 865 g/mol. The number of aromatic carboxylic acids is 1.